The SMILES string of the molecule is CN1CCN(CC2(CBr)CCCCC2)C(=O)C1=O. The summed E-state index contributed by atoms with van der Waals surface area (Å²) in [6.07, 6.45) is 6.09. The van der Waals surface area contributed by atoms with Gasteiger partial charge in [-0.1, -0.05) is 35.2 Å². The first-order valence-electron chi connectivity index (χ1n) is 6.68. The topological polar surface area (TPSA) is 40.6 Å². The number of carbonyl (C=O) groups is 2. The smallest absolute Gasteiger partial charge is 0.312 e. The Morgan fingerprint density at radius 1 is 1.11 bits per heavy atom. The summed E-state index contributed by atoms with van der Waals surface area (Å²) < 4.78 is 0. The molecule has 0 unspecified atom stereocenters. The minimum Gasteiger partial charge on any atom is -0.336 e. The third-order valence-corrected chi connectivity index (χ3v) is 5.44. The van der Waals surface area contributed by atoms with Crippen molar-refractivity contribution in [2.24, 2.45) is 5.41 Å². The molecule has 18 heavy (non-hydrogen) atoms. The van der Waals surface area contributed by atoms with Crippen molar-refractivity contribution in [2.75, 3.05) is 32.0 Å². The third kappa shape index (κ3) is 2.71. The van der Waals surface area contributed by atoms with Gasteiger partial charge in [-0.25, -0.2) is 0 Å². The van der Waals surface area contributed by atoms with Crippen LogP contribution in [-0.4, -0.2) is 53.6 Å². The van der Waals surface area contributed by atoms with Gasteiger partial charge in [-0.05, 0) is 18.3 Å². The Bertz CT molecular complexity index is 340. The molecule has 0 aromatic carbocycles. The van der Waals surface area contributed by atoms with Gasteiger partial charge < -0.3 is 9.80 Å². The second-order valence-electron chi connectivity index (χ2n) is 5.65. The Hall–Kier alpha value is -0.580. The van der Waals surface area contributed by atoms with Crippen LogP contribution < -0.4 is 0 Å². The first-order chi connectivity index (χ1) is 8.58. The molecule has 2 amide bonds. The van der Waals surface area contributed by atoms with Crippen molar-refractivity contribution >= 4 is 27.7 Å². The highest BCUT2D eigenvalue weighted by atomic mass is 79.9. The first-order valence-corrected chi connectivity index (χ1v) is 7.80. The van der Waals surface area contributed by atoms with Gasteiger partial charge in [-0.2, -0.15) is 0 Å². The molecule has 1 aliphatic carbocycles. The van der Waals surface area contributed by atoms with Crippen LogP contribution in [0.25, 0.3) is 0 Å². The fourth-order valence-corrected chi connectivity index (χ4v) is 3.70. The molecule has 0 aromatic rings. The lowest BCUT2D eigenvalue weighted by Crippen LogP contribution is -2.55. The minimum atomic E-state index is -0.359. The van der Waals surface area contributed by atoms with Crippen LogP contribution in [0.15, 0.2) is 0 Å². The number of hydrogen-bond acceptors (Lipinski definition) is 2. The first kappa shape index (κ1) is 13.8. The molecular formula is C13H21BrN2O2. The maximum absolute atomic E-state index is 12.0. The van der Waals surface area contributed by atoms with E-state index < -0.39 is 0 Å². The van der Waals surface area contributed by atoms with E-state index in [0.717, 1.165) is 24.7 Å². The number of nitrogens with zero attached hydrogens (tertiary/aromatic N) is 2. The van der Waals surface area contributed by atoms with Gasteiger partial charge in [0, 0.05) is 32.0 Å². The second-order valence-corrected chi connectivity index (χ2v) is 6.21. The molecule has 2 rings (SSSR count). The lowest BCUT2D eigenvalue weighted by molar-refractivity contribution is -0.156. The number of piperazine rings is 1. The van der Waals surface area contributed by atoms with Crippen LogP contribution in [0.5, 0.6) is 0 Å². The Kier molecular flexibility index (Phi) is 4.30. The summed E-state index contributed by atoms with van der Waals surface area (Å²) >= 11 is 3.61. The maximum atomic E-state index is 12.0. The molecular weight excluding hydrogens is 296 g/mol. The maximum Gasteiger partial charge on any atom is 0.312 e. The van der Waals surface area contributed by atoms with Crippen molar-refractivity contribution in [1.82, 2.24) is 9.80 Å². The molecule has 0 atom stereocenters. The molecule has 2 fully saturated rings. The summed E-state index contributed by atoms with van der Waals surface area (Å²) in [5.41, 5.74) is 0.185. The highest BCUT2D eigenvalue weighted by Gasteiger charge is 2.38. The zero-order chi connectivity index (χ0) is 13.2. The number of alkyl halides is 1. The average molecular weight is 317 g/mol. The van der Waals surface area contributed by atoms with E-state index in [4.69, 9.17) is 0 Å². The number of halogens is 1. The highest BCUT2D eigenvalue weighted by Crippen LogP contribution is 2.38. The van der Waals surface area contributed by atoms with E-state index in [0.29, 0.717) is 13.1 Å². The van der Waals surface area contributed by atoms with E-state index in [1.807, 2.05) is 0 Å². The average Bonchev–Trinajstić information content (AvgIpc) is 2.41. The van der Waals surface area contributed by atoms with E-state index in [2.05, 4.69) is 15.9 Å². The zero-order valence-electron chi connectivity index (χ0n) is 11.0. The minimum absolute atomic E-state index is 0.185. The molecule has 0 spiro atoms. The molecule has 0 bridgehead atoms. The van der Waals surface area contributed by atoms with E-state index in [1.165, 1.54) is 24.2 Å². The van der Waals surface area contributed by atoms with E-state index in [1.54, 1.807) is 11.9 Å². The third-order valence-electron chi connectivity index (χ3n) is 4.25. The molecule has 0 aromatic heterocycles. The predicted octanol–water partition coefficient (Wildman–Crippen LogP) is 1.63. The standard InChI is InChI=1S/C13H21BrN2O2/c1-15-7-8-16(12(18)11(15)17)10-13(9-14)5-3-2-4-6-13/h2-10H2,1H3. The van der Waals surface area contributed by atoms with Crippen molar-refractivity contribution in [2.45, 2.75) is 32.1 Å². The van der Waals surface area contributed by atoms with Gasteiger partial charge in [0.05, 0.1) is 0 Å². The van der Waals surface area contributed by atoms with Crippen molar-refractivity contribution < 1.29 is 9.59 Å². The van der Waals surface area contributed by atoms with E-state index >= 15 is 0 Å². The molecule has 1 saturated carbocycles. The van der Waals surface area contributed by atoms with Crippen molar-refractivity contribution in [1.29, 1.82) is 0 Å². The van der Waals surface area contributed by atoms with Crippen molar-refractivity contribution in [3.63, 3.8) is 0 Å². The molecule has 2 aliphatic rings. The molecule has 0 N–H and O–H groups in total. The van der Waals surface area contributed by atoms with Crippen molar-refractivity contribution in [3.8, 4) is 0 Å². The summed E-state index contributed by atoms with van der Waals surface area (Å²) in [5.74, 6) is -0.684. The van der Waals surface area contributed by atoms with Gasteiger partial charge in [-0.15, -0.1) is 0 Å². The van der Waals surface area contributed by atoms with E-state index in [-0.39, 0.29) is 17.2 Å². The molecule has 5 heteroatoms. The van der Waals surface area contributed by atoms with Crippen LogP contribution in [0.4, 0.5) is 0 Å². The van der Waals surface area contributed by atoms with Crippen LogP contribution in [0.2, 0.25) is 0 Å². The number of amides is 2. The summed E-state index contributed by atoms with van der Waals surface area (Å²) in [5, 5.41) is 0.924. The Morgan fingerprint density at radius 2 is 1.78 bits per heavy atom. The van der Waals surface area contributed by atoms with Gasteiger partial charge in [0.15, 0.2) is 0 Å². The Balaban J connectivity index is 2.03. The highest BCUT2D eigenvalue weighted by molar-refractivity contribution is 9.09. The van der Waals surface area contributed by atoms with Gasteiger partial charge >= 0.3 is 11.8 Å². The van der Waals surface area contributed by atoms with Crippen LogP contribution in [0.1, 0.15) is 32.1 Å². The predicted molar refractivity (Wildman–Crippen MR) is 73.5 cm³/mol. The van der Waals surface area contributed by atoms with E-state index in [9.17, 15) is 9.59 Å². The number of hydrogen-bond donors (Lipinski definition) is 0. The van der Waals surface area contributed by atoms with Crippen LogP contribution in [0, 0.1) is 5.41 Å². The molecule has 102 valence electrons. The summed E-state index contributed by atoms with van der Waals surface area (Å²) in [6, 6.07) is 0. The summed E-state index contributed by atoms with van der Waals surface area (Å²) in [7, 11) is 1.69. The van der Waals surface area contributed by atoms with Gasteiger partial charge in [0.1, 0.15) is 0 Å². The normalized spacial score (nSPS) is 24.6. The molecule has 0 radical (unpaired) electrons. The molecule has 4 nitrogen and oxygen atoms in total. The largest absolute Gasteiger partial charge is 0.336 e. The zero-order valence-corrected chi connectivity index (χ0v) is 12.5. The monoisotopic (exact) mass is 316 g/mol. The molecule has 1 heterocycles. The Morgan fingerprint density at radius 3 is 2.39 bits per heavy atom. The summed E-state index contributed by atoms with van der Waals surface area (Å²) in [6.45, 7) is 2.06. The van der Waals surface area contributed by atoms with Gasteiger partial charge in [0.2, 0.25) is 0 Å². The van der Waals surface area contributed by atoms with Crippen LogP contribution in [-0.2, 0) is 9.59 Å². The number of carbonyl (C=O) groups excluding carboxylic acids is 2. The Labute approximate surface area is 117 Å². The summed E-state index contributed by atoms with van der Waals surface area (Å²) in [4.78, 5) is 27.0. The quantitative estimate of drug-likeness (QED) is 0.586. The van der Waals surface area contributed by atoms with Gasteiger partial charge in [-0.3, -0.25) is 9.59 Å². The fourth-order valence-electron chi connectivity index (χ4n) is 2.96. The number of rotatable bonds is 3. The van der Waals surface area contributed by atoms with Crippen LogP contribution >= 0.6 is 15.9 Å². The molecule has 1 aliphatic heterocycles. The second kappa shape index (κ2) is 5.59. The fraction of sp³-hybridized carbons (Fsp3) is 0.846. The lowest BCUT2D eigenvalue weighted by atomic mass is 9.75. The lowest BCUT2D eigenvalue weighted by Gasteiger charge is -2.42. The number of likely N-dealkylation sites (N-methyl/N-ethyl adjacent to an activating group) is 1. The van der Waals surface area contributed by atoms with Crippen molar-refractivity contribution in [3.05, 3.63) is 0 Å². The molecule has 1 saturated heterocycles. The van der Waals surface area contributed by atoms with Crippen LogP contribution in [0.3, 0.4) is 0 Å². The van der Waals surface area contributed by atoms with Gasteiger partial charge in [0.25, 0.3) is 0 Å².